The summed E-state index contributed by atoms with van der Waals surface area (Å²) in [5.74, 6) is -2.53. The maximum absolute atomic E-state index is 10.7. The fourth-order valence-electron chi connectivity index (χ4n) is 4.24. The number of hydrogen-bond acceptors (Lipinski definition) is 18. The van der Waals surface area contributed by atoms with Gasteiger partial charge in [0.05, 0.1) is 13.2 Å². The molecule has 3 fully saturated rings. The van der Waals surface area contributed by atoms with Gasteiger partial charge in [0.25, 0.3) is 5.09 Å². The Labute approximate surface area is 207 Å². The molecule has 0 bridgehead atoms. The van der Waals surface area contributed by atoms with E-state index >= 15 is 0 Å². The Morgan fingerprint density at radius 2 is 1.27 bits per heavy atom. The molecule has 3 aliphatic heterocycles. The summed E-state index contributed by atoms with van der Waals surface area (Å²) < 4.78 is 26.9. The van der Waals surface area contributed by atoms with Crippen molar-refractivity contribution in [3.8, 4) is 0 Å². The van der Waals surface area contributed by atoms with Gasteiger partial charge in [-0.05, 0) is 0 Å². The van der Waals surface area contributed by atoms with Crippen LogP contribution in [-0.2, 0) is 28.5 Å². The molecule has 0 radical (unpaired) electrons. The van der Waals surface area contributed by atoms with Crippen LogP contribution >= 0.6 is 0 Å². The fraction of sp³-hybridized carbons (Fsp3) is 1.00. The third kappa shape index (κ3) is 5.95. The van der Waals surface area contributed by atoms with E-state index in [0.717, 1.165) is 0 Å². The first-order valence-corrected chi connectivity index (χ1v) is 11.1. The second-order valence-electron chi connectivity index (χ2n) is 8.71. The predicted molar refractivity (Wildman–Crippen MR) is 107 cm³/mol. The zero-order valence-corrected chi connectivity index (χ0v) is 19.0. The maximum atomic E-state index is 10.7. The zero-order chi connectivity index (χ0) is 27.7. The summed E-state index contributed by atoms with van der Waals surface area (Å²) in [6, 6.07) is 0. The van der Waals surface area contributed by atoms with Crippen LogP contribution in [0.2, 0.25) is 0 Å². The highest BCUT2D eigenvalue weighted by molar-refractivity contribution is 5.01. The van der Waals surface area contributed by atoms with Crippen LogP contribution < -0.4 is 0 Å². The molecular formula is C18H31NO18. The molecule has 0 aromatic rings. The second kappa shape index (κ2) is 12.2. The van der Waals surface area contributed by atoms with Gasteiger partial charge in [0.1, 0.15) is 80.4 Å². The van der Waals surface area contributed by atoms with E-state index in [1.807, 2.05) is 0 Å². The van der Waals surface area contributed by atoms with Crippen LogP contribution in [0.1, 0.15) is 0 Å². The molecule has 3 heterocycles. The minimum atomic E-state index is -2.53. The molecule has 19 nitrogen and oxygen atoms in total. The van der Waals surface area contributed by atoms with Crippen LogP contribution in [0.3, 0.4) is 0 Å². The Hall–Kier alpha value is -1.40. The van der Waals surface area contributed by atoms with E-state index in [0.29, 0.717) is 0 Å². The summed E-state index contributed by atoms with van der Waals surface area (Å²) in [5.41, 5.74) is 0. The first-order chi connectivity index (χ1) is 17.4. The predicted octanol–water partition coefficient (Wildman–Crippen LogP) is -7.36. The molecule has 10 N–H and O–H groups in total. The van der Waals surface area contributed by atoms with Crippen molar-refractivity contribution in [2.24, 2.45) is 0 Å². The van der Waals surface area contributed by atoms with Crippen LogP contribution in [0.25, 0.3) is 0 Å². The summed E-state index contributed by atoms with van der Waals surface area (Å²) in [6.45, 7) is -3.78. The fourth-order valence-corrected chi connectivity index (χ4v) is 4.24. The highest BCUT2D eigenvalue weighted by atomic mass is 17.0. The van der Waals surface area contributed by atoms with Gasteiger partial charge in [-0.2, -0.15) is 0 Å². The monoisotopic (exact) mass is 549 g/mol. The zero-order valence-electron chi connectivity index (χ0n) is 19.0. The van der Waals surface area contributed by atoms with Crippen molar-refractivity contribution in [1.29, 1.82) is 0 Å². The number of aliphatic hydroxyl groups excluding tert-OH is 10. The minimum Gasteiger partial charge on any atom is -0.394 e. The maximum Gasteiger partial charge on any atom is 0.294 e. The molecular weight excluding hydrogens is 518 g/mol. The lowest BCUT2D eigenvalue weighted by molar-refractivity contribution is -0.760. The first-order valence-electron chi connectivity index (χ1n) is 11.1. The number of ether oxygens (including phenoxy) is 5. The molecule has 3 aliphatic rings. The van der Waals surface area contributed by atoms with Gasteiger partial charge < -0.3 is 79.6 Å². The largest absolute Gasteiger partial charge is 0.394 e. The molecule has 14 atom stereocenters. The minimum absolute atomic E-state index is 0.814. The second-order valence-corrected chi connectivity index (χ2v) is 8.71. The summed E-state index contributed by atoms with van der Waals surface area (Å²) >= 11 is 0. The Bertz CT molecular complexity index is 760. The summed E-state index contributed by atoms with van der Waals surface area (Å²) in [6.07, 6.45) is -23.6. The van der Waals surface area contributed by atoms with Gasteiger partial charge in [-0.1, -0.05) is 0 Å². The standard InChI is InChI=1S/C18H31NO18/c20-1-5-8(23)11(26)13(28)16(33-5)35-15-10(25)6(2-21)36-18(15,4-22)37-17-14(29)12(27)9(24)7(34-17)3-32-19(30)31/h5-17,20-29H,1-4H2/t5-,6-,7-,8-,9-,10-,11+,12+,13-,14-,15+,16-,17-,18+/m1/s1. The quantitative estimate of drug-likeness (QED) is 0.0893. The lowest BCUT2D eigenvalue weighted by atomic mass is 9.98. The van der Waals surface area contributed by atoms with Crippen molar-refractivity contribution in [2.45, 2.75) is 85.5 Å². The Kier molecular flexibility index (Phi) is 9.93. The average molecular weight is 549 g/mol. The van der Waals surface area contributed by atoms with Crippen LogP contribution in [-0.4, -0.2) is 168 Å². The third-order valence-corrected chi connectivity index (χ3v) is 6.33. The molecule has 0 saturated carbocycles. The van der Waals surface area contributed by atoms with Gasteiger partial charge in [-0.3, -0.25) is 0 Å². The van der Waals surface area contributed by atoms with Crippen LogP contribution in [0.5, 0.6) is 0 Å². The van der Waals surface area contributed by atoms with E-state index in [4.69, 9.17) is 23.7 Å². The lowest BCUT2D eigenvalue weighted by Gasteiger charge is -2.45. The number of aliphatic hydroxyl groups is 10. The average Bonchev–Trinajstić information content (AvgIpc) is 3.14. The van der Waals surface area contributed by atoms with Crippen molar-refractivity contribution in [2.75, 3.05) is 26.4 Å². The highest BCUT2D eigenvalue weighted by Crippen LogP contribution is 2.39. The van der Waals surface area contributed by atoms with Crippen LogP contribution in [0.15, 0.2) is 0 Å². The van der Waals surface area contributed by atoms with Crippen molar-refractivity contribution in [1.82, 2.24) is 0 Å². The van der Waals surface area contributed by atoms with Gasteiger partial charge in [0.15, 0.2) is 12.6 Å². The summed E-state index contributed by atoms with van der Waals surface area (Å²) in [5, 5.41) is 110. The molecule has 0 aromatic heterocycles. The number of hydrogen-bond donors (Lipinski definition) is 10. The van der Waals surface area contributed by atoms with Crippen molar-refractivity contribution in [3.05, 3.63) is 10.1 Å². The topological polar surface area (TPSA) is 301 Å². The Morgan fingerprint density at radius 3 is 1.81 bits per heavy atom. The SMILES string of the molecule is O=[N+]([O-])OC[C@H]1O[C@H](O[C@]2(CO)O[C@H](CO)[C@@H](O)[C@@H]2O[C@H]2O[C@H](CO)[C@@H](O)[C@H](O)[C@H]2O)[C@H](O)[C@@H](O)[C@@H]1O. The highest BCUT2D eigenvalue weighted by Gasteiger charge is 2.61. The molecule has 0 unspecified atom stereocenters. The smallest absolute Gasteiger partial charge is 0.294 e. The molecule has 0 amide bonds. The summed E-state index contributed by atoms with van der Waals surface area (Å²) in [4.78, 5) is 14.6. The van der Waals surface area contributed by atoms with Crippen molar-refractivity contribution >= 4 is 0 Å². The van der Waals surface area contributed by atoms with E-state index in [2.05, 4.69) is 4.84 Å². The number of rotatable bonds is 10. The normalized spacial score (nSPS) is 48.6. The molecule has 0 aliphatic carbocycles. The van der Waals surface area contributed by atoms with Gasteiger partial charge >= 0.3 is 0 Å². The molecule has 3 rings (SSSR count). The van der Waals surface area contributed by atoms with E-state index in [1.165, 1.54) is 0 Å². The molecule has 0 aromatic carbocycles. The van der Waals surface area contributed by atoms with Crippen LogP contribution in [0.4, 0.5) is 0 Å². The molecule has 19 heteroatoms. The van der Waals surface area contributed by atoms with Gasteiger partial charge in [0, 0.05) is 0 Å². The van der Waals surface area contributed by atoms with Gasteiger partial charge in [-0.15, -0.1) is 10.1 Å². The first kappa shape index (κ1) is 30.1. The molecule has 216 valence electrons. The van der Waals surface area contributed by atoms with Gasteiger partial charge in [0.2, 0.25) is 5.79 Å². The number of nitrogens with zero attached hydrogens (tertiary/aromatic N) is 1. The van der Waals surface area contributed by atoms with Gasteiger partial charge in [-0.25, -0.2) is 0 Å². The molecule has 0 spiro atoms. The van der Waals surface area contributed by atoms with E-state index in [1.54, 1.807) is 0 Å². The van der Waals surface area contributed by atoms with Crippen molar-refractivity contribution in [3.63, 3.8) is 0 Å². The third-order valence-electron chi connectivity index (χ3n) is 6.33. The Balaban J connectivity index is 1.86. The Morgan fingerprint density at radius 1 is 0.730 bits per heavy atom. The van der Waals surface area contributed by atoms with Crippen molar-refractivity contribution < 1.29 is 84.7 Å². The van der Waals surface area contributed by atoms with E-state index in [9.17, 15) is 61.2 Å². The summed E-state index contributed by atoms with van der Waals surface area (Å²) in [7, 11) is 0. The van der Waals surface area contributed by atoms with E-state index in [-0.39, 0.29) is 0 Å². The van der Waals surface area contributed by atoms with Crippen LogP contribution in [0, 0.1) is 10.1 Å². The van der Waals surface area contributed by atoms with E-state index < -0.39 is 117 Å². The molecule has 3 saturated heterocycles. The lowest BCUT2D eigenvalue weighted by Crippen LogP contribution is -2.64. The molecule has 37 heavy (non-hydrogen) atoms.